The van der Waals surface area contributed by atoms with E-state index in [9.17, 15) is 9.90 Å². The Kier molecular flexibility index (Phi) is 6.75. The Labute approximate surface area is 151 Å². The maximum Gasteiger partial charge on any atom is 0.351 e. The van der Waals surface area contributed by atoms with Crippen LogP contribution in [0.15, 0.2) is 12.1 Å². The third-order valence-corrected chi connectivity index (χ3v) is 5.30. The molecule has 0 saturated heterocycles. The summed E-state index contributed by atoms with van der Waals surface area (Å²) in [7, 11) is 1.29. The van der Waals surface area contributed by atoms with Gasteiger partial charge >= 0.3 is 5.97 Å². The molecule has 2 rings (SSSR count). The minimum atomic E-state index is -0.559. The molecule has 0 fully saturated rings. The number of hydrogen-bond acceptors (Lipinski definition) is 5. The van der Waals surface area contributed by atoms with Gasteiger partial charge in [0.15, 0.2) is 4.88 Å². The van der Waals surface area contributed by atoms with Crippen molar-refractivity contribution in [3.05, 3.63) is 22.0 Å². The number of esters is 1. The van der Waals surface area contributed by atoms with Gasteiger partial charge in [-0.1, -0.05) is 37.8 Å². The van der Waals surface area contributed by atoms with Gasteiger partial charge in [-0.05, 0) is 31.9 Å². The molecule has 0 aliphatic heterocycles. The van der Waals surface area contributed by atoms with Crippen molar-refractivity contribution in [2.24, 2.45) is 0 Å². The van der Waals surface area contributed by atoms with Crippen molar-refractivity contribution >= 4 is 39.0 Å². The largest absolute Gasteiger partial charge is 0.505 e. The highest BCUT2D eigenvalue weighted by molar-refractivity contribution is 7.21. The zero-order valence-electron chi connectivity index (χ0n) is 14.2. The summed E-state index contributed by atoms with van der Waals surface area (Å²) in [5, 5.41) is 11.1. The highest BCUT2D eigenvalue weighted by Gasteiger charge is 2.20. The Morgan fingerprint density at radius 1 is 1.33 bits per heavy atom. The Morgan fingerprint density at radius 2 is 2.08 bits per heavy atom. The van der Waals surface area contributed by atoms with Crippen LogP contribution in [-0.4, -0.2) is 24.3 Å². The number of benzene rings is 1. The Hall–Kier alpha value is -1.46. The number of carbonyl (C=O) groups excluding carboxylic acids is 1. The third-order valence-electron chi connectivity index (χ3n) is 3.88. The summed E-state index contributed by atoms with van der Waals surface area (Å²) < 4.78 is 11.4. The summed E-state index contributed by atoms with van der Waals surface area (Å²) in [4.78, 5) is 11.9. The van der Waals surface area contributed by atoms with Crippen LogP contribution in [0, 0.1) is 0 Å². The average molecular weight is 371 g/mol. The first kappa shape index (κ1) is 18.9. The van der Waals surface area contributed by atoms with E-state index >= 15 is 0 Å². The first-order valence-corrected chi connectivity index (χ1v) is 9.37. The van der Waals surface area contributed by atoms with E-state index in [0.717, 1.165) is 17.5 Å². The zero-order valence-corrected chi connectivity index (χ0v) is 15.8. The molecule has 1 heterocycles. The van der Waals surface area contributed by atoms with E-state index in [2.05, 4.69) is 11.7 Å². The minimum absolute atomic E-state index is 0.0606. The molecule has 0 radical (unpaired) electrons. The Bertz CT molecular complexity index is 711. The summed E-state index contributed by atoms with van der Waals surface area (Å²) in [6.45, 7) is 4.21. The molecular formula is C18H23ClO4S. The number of ether oxygens (including phenoxy) is 2. The molecule has 0 aliphatic carbocycles. The molecule has 24 heavy (non-hydrogen) atoms. The predicted octanol–water partition coefficient (Wildman–Crippen LogP) is 5.78. The molecular weight excluding hydrogens is 348 g/mol. The second-order valence-corrected chi connectivity index (χ2v) is 7.29. The van der Waals surface area contributed by atoms with E-state index in [-0.39, 0.29) is 16.7 Å². The fourth-order valence-corrected chi connectivity index (χ4v) is 3.77. The number of methoxy groups -OCH3 is 1. The molecule has 132 valence electrons. The van der Waals surface area contributed by atoms with Gasteiger partial charge in [-0.15, -0.1) is 11.3 Å². The molecule has 0 unspecified atom stereocenters. The van der Waals surface area contributed by atoms with Crippen LogP contribution in [-0.2, 0) is 4.74 Å². The minimum Gasteiger partial charge on any atom is -0.505 e. The smallest absolute Gasteiger partial charge is 0.351 e. The lowest BCUT2D eigenvalue weighted by atomic mass is 10.1. The quantitative estimate of drug-likeness (QED) is 0.472. The summed E-state index contributed by atoms with van der Waals surface area (Å²) in [5.74, 6) is -0.0793. The number of halogens is 1. The second-order valence-electron chi connectivity index (χ2n) is 5.83. The van der Waals surface area contributed by atoms with Gasteiger partial charge in [0.25, 0.3) is 0 Å². The molecule has 0 aliphatic rings. The molecule has 1 aromatic heterocycles. The van der Waals surface area contributed by atoms with E-state index in [4.69, 9.17) is 16.3 Å². The van der Waals surface area contributed by atoms with Gasteiger partial charge < -0.3 is 14.6 Å². The molecule has 0 saturated carbocycles. The van der Waals surface area contributed by atoms with E-state index < -0.39 is 5.97 Å². The van der Waals surface area contributed by atoms with Gasteiger partial charge in [0.05, 0.1) is 18.2 Å². The third kappa shape index (κ3) is 4.33. The summed E-state index contributed by atoms with van der Waals surface area (Å²) in [5.41, 5.74) is 0. The van der Waals surface area contributed by atoms with E-state index in [1.165, 1.54) is 37.7 Å². The summed E-state index contributed by atoms with van der Waals surface area (Å²) in [6, 6.07) is 3.41. The van der Waals surface area contributed by atoms with Gasteiger partial charge in [-0.25, -0.2) is 4.79 Å². The summed E-state index contributed by atoms with van der Waals surface area (Å²) in [6.07, 6.45) is 5.81. The van der Waals surface area contributed by atoms with Crippen molar-refractivity contribution in [2.75, 3.05) is 7.11 Å². The molecule has 1 atom stereocenters. The second kappa shape index (κ2) is 8.58. The Morgan fingerprint density at radius 3 is 2.75 bits per heavy atom. The van der Waals surface area contributed by atoms with Crippen molar-refractivity contribution in [1.29, 1.82) is 0 Å². The number of hydrogen-bond donors (Lipinski definition) is 1. The number of unbranched alkanes of at least 4 members (excludes halogenated alkanes) is 3. The zero-order chi connectivity index (χ0) is 17.7. The van der Waals surface area contributed by atoms with Crippen molar-refractivity contribution in [2.45, 2.75) is 52.1 Å². The van der Waals surface area contributed by atoms with Crippen molar-refractivity contribution < 1.29 is 19.4 Å². The monoisotopic (exact) mass is 370 g/mol. The molecule has 0 bridgehead atoms. The lowest BCUT2D eigenvalue weighted by Crippen LogP contribution is -2.11. The molecule has 6 heteroatoms. The highest BCUT2D eigenvalue weighted by atomic mass is 35.5. The molecule has 1 N–H and O–H groups in total. The number of fused-ring (bicyclic) bond motifs is 1. The summed E-state index contributed by atoms with van der Waals surface area (Å²) >= 11 is 7.45. The molecule has 4 nitrogen and oxygen atoms in total. The Balaban J connectivity index is 2.16. The normalized spacial score (nSPS) is 12.3. The topological polar surface area (TPSA) is 55.8 Å². The van der Waals surface area contributed by atoms with Crippen LogP contribution in [0.4, 0.5) is 0 Å². The lowest BCUT2D eigenvalue weighted by molar-refractivity contribution is 0.0603. The lowest BCUT2D eigenvalue weighted by Gasteiger charge is -2.15. The number of carbonyl (C=O) groups is 1. The van der Waals surface area contributed by atoms with Crippen LogP contribution in [0.25, 0.3) is 10.1 Å². The highest BCUT2D eigenvalue weighted by Crippen LogP contribution is 2.42. The first-order valence-electron chi connectivity index (χ1n) is 8.17. The predicted molar refractivity (Wildman–Crippen MR) is 98.7 cm³/mol. The van der Waals surface area contributed by atoms with Crippen molar-refractivity contribution in [1.82, 2.24) is 0 Å². The maximum absolute atomic E-state index is 11.7. The van der Waals surface area contributed by atoms with E-state index in [0.29, 0.717) is 16.2 Å². The van der Waals surface area contributed by atoms with Gasteiger partial charge in [0.1, 0.15) is 11.5 Å². The average Bonchev–Trinajstić information content (AvgIpc) is 2.87. The van der Waals surface area contributed by atoms with E-state index in [1.807, 2.05) is 6.92 Å². The SMILES string of the molecule is CCCCCC[C@@H](C)Oc1cc2sc(C(=O)OC)c(O)c2cc1Cl. The number of rotatable bonds is 8. The first-order chi connectivity index (χ1) is 11.5. The van der Waals surface area contributed by atoms with Crippen LogP contribution in [0.2, 0.25) is 5.02 Å². The number of thiophene rings is 1. The van der Waals surface area contributed by atoms with Crippen LogP contribution in [0.1, 0.15) is 55.6 Å². The molecule has 2 aromatic rings. The van der Waals surface area contributed by atoms with Gasteiger partial charge in [-0.2, -0.15) is 0 Å². The van der Waals surface area contributed by atoms with Crippen molar-refractivity contribution in [3.8, 4) is 11.5 Å². The van der Waals surface area contributed by atoms with Gasteiger partial charge in [-0.3, -0.25) is 0 Å². The van der Waals surface area contributed by atoms with Crippen LogP contribution in [0.3, 0.4) is 0 Å². The fraction of sp³-hybridized carbons (Fsp3) is 0.500. The van der Waals surface area contributed by atoms with Gasteiger partial charge in [0, 0.05) is 10.1 Å². The standard InChI is InChI=1S/C18H23ClO4S/c1-4-5-6-7-8-11(2)23-14-10-15-12(9-13(14)19)16(20)17(24-15)18(21)22-3/h9-11,20H,4-8H2,1-3H3/t11-/m1/s1. The van der Waals surface area contributed by atoms with Crippen LogP contribution >= 0.6 is 22.9 Å². The molecule has 0 amide bonds. The maximum atomic E-state index is 11.7. The molecule has 0 spiro atoms. The molecule has 1 aromatic carbocycles. The van der Waals surface area contributed by atoms with Crippen molar-refractivity contribution in [3.63, 3.8) is 0 Å². The van der Waals surface area contributed by atoms with E-state index in [1.54, 1.807) is 12.1 Å². The fourth-order valence-electron chi connectivity index (χ4n) is 2.54. The van der Waals surface area contributed by atoms with Gasteiger partial charge in [0.2, 0.25) is 0 Å². The van der Waals surface area contributed by atoms with Crippen LogP contribution in [0.5, 0.6) is 11.5 Å². The number of aromatic hydroxyl groups is 1. The van der Waals surface area contributed by atoms with Crippen LogP contribution < -0.4 is 4.74 Å².